The van der Waals surface area contributed by atoms with E-state index in [1.165, 1.54) is 19.3 Å². The Morgan fingerprint density at radius 3 is 2.72 bits per heavy atom. The van der Waals surface area contributed by atoms with Crippen molar-refractivity contribution in [3.05, 3.63) is 24.1 Å². The molecule has 2 aromatic rings. The maximum atomic E-state index is 5.94. The van der Waals surface area contributed by atoms with Crippen LogP contribution in [0.15, 0.2) is 22.6 Å². The Balaban J connectivity index is 1.56. The maximum Gasteiger partial charge on any atom is 0.199 e. The van der Waals surface area contributed by atoms with E-state index < -0.39 is 0 Å². The van der Waals surface area contributed by atoms with Crippen molar-refractivity contribution in [1.29, 1.82) is 0 Å². The van der Waals surface area contributed by atoms with E-state index in [1.54, 1.807) is 0 Å². The summed E-state index contributed by atoms with van der Waals surface area (Å²) >= 11 is 0. The first-order valence-corrected chi connectivity index (χ1v) is 6.97. The van der Waals surface area contributed by atoms with Gasteiger partial charge in [-0.05, 0) is 61.1 Å². The number of benzene rings is 1. The molecule has 4 atom stereocenters. The smallest absolute Gasteiger partial charge is 0.199 e. The van der Waals surface area contributed by atoms with Crippen molar-refractivity contribution in [2.24, 2.45) is 23.7 Å². The highest BCUT2D eigenvalue weighted by atomic mass is 16.3. The zero-order valence-electron chi connectivity index (χ0n) is 10.2. The second-order valence-electron chi connectivity index (χ2n) is 6.29. The van der Waals surface area contributed by atoms with Gasteiger partial charge in [-0.1, -0.05) is 0 Å². The minimum atomic E-state index is 0.616. The lowest BCUT2D eigenvalue weighted by atomic mass is 10.0. The van der Waals surface area contributed by atoms with Crippen LogP contribution in [0.25, 0.3) is 11.1 Å². The van der Waals surface area contributed by atoms with Crippen molar-refractivity contribution in [2.75, 3.05) is 5.73 Å². The van der Waals surface area contributed by atoms with Crippen LogP contribution in [-0.4, -0.2) is 4.98 Å². The number of hydrogen-bond donors (Lipinski definition) is 1. The van der Waals surface area contributed by atoms with Crippen LogP contribution in [0.3, 0.4) is 0 Å². The zero-order valence-corrected chi connectivity index (χ0v) is 10.2. The summed E-state index contributed by atoms with van der Waals surface area (Å²) in [6.07, 6.45) is 4.35. The molecule has 0 amide bonds. The van der Waals surface area contributed by atoms with Gasteiger partial charge in [-0.2, -0.15) is 0 Å². The Hall–Kier alpha value is -1.51. The monoisotopic (exact) mass is 240 g/mol. The van der Waals surface area contributed by atoms with Crippen LogP contribution in [0.4, 0.5) is 5.69 Å². The van der Waals surface area contributed by atoms with Crippen molar-refractivity contribution < 1.29 is 4.42 Å². The third-order valence-corrected chi connectivity index (χ3v) is 5.45. The van der Waals surface area contributed by atoms with Crippen LogP contribution in [0.5, 0.6) is 0 Å². The molecule has 1 aromatic heterocycles. The molecule has 1 aromatic carbocycles. The fourth-order valence-corrected chi connectivity index (χ4v) is 4.76. The number of oxazole rings is 1. The van der Waals surface area contributed by atoms with Crippen molar-refractivity contribution in [3.63, 3.8) is 0 Å². The predicted octanol–water partition coefficient (Wildman–Crippen LogP) is 3.17. The maximum absolute atomic E-state index is 5.94. The van der Waals surface area contributed by atoms with E-state index in [-0.39, 0.29) is 0 Å². The first kappa shape index (κ1) is 9.42. The van der Waals surface area contributed by atoms with E-state index in [2.05, 4.69) is 4.98 Å². The molecule has 92 valence electrons. The molecule has 3 saturated carbocycles. The standard InChI is InChI=1S/C15H16N2O/c16-9-3-4-11-10(6-9)17-15(18-11)14-12-7-1-2-8(5-7)13(12)14/h3-4,6-8,12-14H,1-2,5,16H2. The van der Waals surface area contributed by atoms with Gasteiger partial charge < -0.3 is 10.2 Å². The summed E-state index contributed by atoms with van der Waals surface area (Å²) in [5.41, 5.74) is 8.36. The zero-order chi connectivity index (χ0) is 11.9. The summed E-state index contributed by atoms with van der Waals surface area (Å²) < 4.78 is 5.94. The Bertz CT molecular complexity index is 631. The molecule has 2 bridgehead atoms. The van der Waals surface area contributed by atoms with E-state index in [0.29, 0.717) is 5.92 Å². The second-order valence-corrected chi connectivity index (χ2v) is 6.29. The number of anilines is 1. The molecule has 3 nitrogen and oxygen atoms in total. The topological polar surface area (TPSA) is 52.0 Å². The normalized spacial score (nSPS) is 40.3. The molecular weight excluding hydrogens is 224 g/mol. The molecule has 5 rings (SSSR count). The van der Waals surface area contributed by atoms with Crippen molar-refractivity contribution in [3.8, 4) is 0 Å². The quantitative estimate of drug-likeness (QED) is 0.779. The Morgan fingerprint density at radius 2 is 1.94 bits per heavy atom. The van der Waals surface area contributed by atoms with E-state index in [1.807, 2.05) is 18.2 Å². The summed E-state index contributed by atoms with van der Waals surface area (Å²) in [6.45, 7) is 0. The Labute approximate surface area is 105 Å². The van der Waals surface area contributed by atoms with Crippen LogP contribution in [-0.2, 0) is 0 Å². The highest BCUT2D eigenvalue weighted by molar-refractivity contribution is 5.76. The third-order valence-electron chi connectivity index (χ3n) is 5.45. The first-order chi connectivity index (χ1) is 8.81. The summed E-state index contributed by atoms with van der Waals surface area (Å²) in [7, 11) is 0. The van der Waals surface area contributed by atoms with Gasteiger partial charge in [-0.25, -0.2) is 4.98 Å². The number of nitrogen functional groups attached to an aromatic ring is 1. The highest BCUT2D eigenvalue weighted by Crippen LogP contribution is 2.73. The van der Waals surface area contributed by atoms with Crippen LogP contribution < -0.4 is 5.73 Å². The van der Waals surface area contributed by atoms with Gasteiger partial charge in [0.05, 0.1) is 0 Å². The summed E-state index contributed by atoms with van der Waals surface area (Å²) in [6, 6.07) is 5.73. The molecule has 4 unspecified atom stereocenters. The van der Waals surface area contributed by atoms with Gasteiger partial charge >= 0.3 is 0 Å². The number of hydrogen-bond acceptors (Lipinski definition) is 3. The predicted molar refractivity (Wildman–Crippen MR) is 69.0 cm³/mol. The van der Waals surface area contributed by atoms with Gasteiger partial charge in [0, 0.05) is 11.6 Å². The molecule has 1 heterocycles. The van der Waals surface area contributed by atoms with Crippen molar-refractivity contribution in [2.45, 2.75) is 25.2 Å². The fourth-order valence-electron chi connectivity index (χ4n) is 4.76. The average Bonchev–Trinajstić information content (AvgIpc) is 2.75. The van der Waals surface area contributed by atoms with Gasteiger partial charge in [-0.15, -0.1) is 0 Å². The molecule has 0 aliphatic heterocycles. The number of nitrogens with two attached hydrogens (primary N) is 1. The fraction of sp³-hybridized carbons (Fsp3) is 0.533. The Kier molecular flexibility index (Phi) is 1.52. The minimum absolute atomic E-state index is 0.616. The van der Waals surface area contributed by atoms with Gasteiger partial charge in [-0.3, -0.25) is 0 Å². The number of aromatic nitrogens is 1. The van der Waals surface area contributed by atoms with Crippen LogP contribution in [0.2, 0.25) is 0 Å². The molecule has 3 fully saturated rings. The van der Waals surface area contributed by atoms with Crippen LogP contribution in [0, 0.1) is 23.7 Å². The molecule has 3 aliphatic carbocycles. The minimum Gasteiger partial charge on any atom is -0.440 e. The summed E-state index contributed by atoms with van der Waals surface area (Å²) in [4.78, 5) is 4.67. The van der Waals surface area contributed by atoms with Crippen molar-refractivity contribution >= 4 is 16.8 Å². The number of rotatable bonds is 1. The molecule has 3 heteroatoms. The molecule has 2 N–H and O–H groups in total. The number of nitrogens with zero attached hydrogens (tertiary/aromatic N) is 1. The number of fused-ring (bicyclic) bond motifs is 6. The average molecular weight is 240 g/mol. The molecule has 0 spiro atoms. The lowest BCUT2D eigenvalue weighted by Crippen LogP contribution is -1.97. The molecular formula is C15H16N2O. The molecule has 18 heavy (non-hydrogen) atoms. The van der Waals surface area contributed by atoms with E-state index >= 15 is 0 Å². The lowest BCUT2D eigenvalue weighted by molar-refractivity contribution is 0.447. The second kappa shape index (κ2) is 2.90. The van der Waals surface area contributed by atoms with Crippen molar-refractivity contribution in [1.82, 2.24) is 4.98 Å². The summed E-state index contributed by atoms with van der Waals surface area (Å²) in [5, 5.41) is 0. The highest BCUT2D eigenvalue weighted by Gasteiger charge is 2.67. The van der Waals surface area contributed by atoms with Gasteiger partial charge in [0.15, 0.2) is 11.5 Å². The molecule has 0 radical (unpaired) electrons. The third kappa shape index (κ3) is 1.03. The van der Waals surface area contributed by atoms with E-state index in [4.69, 9.17) is 10.2 Å². The first-order valence-electron chi connectivity index (χ1n) is 6.97. The largest absolute Gasteiger partial charge is 0.440 e. The Morgan fingerprint density at radius 1 is 1.17 bits per heavy atom. The lowest BCUT2D eigenvalue weighted by Gasteiger charge is -2.04. The van der Waals surface area contributed by atoms with Gasteiger partial charge in [0.2, 0.25) is 0 Å². The van der Waals surface area contributed by atoms with E-state index in [0.717, 1.165) is 46.3 Å². The van der Waals surface area contributed by atoms with E-state index in [9.17, 15) is 0 Å². The van der Waals surface area contributed by atoms with Crippen LogP contribution in [0.1, 0.15) is 31.1 Å². The van der Waals surface area contributed by atoms with Crippen LogP contribution >= 0.6 is 0 Å². The molecule has 3 aliphatic rings. The van der Waals surface area contributed by atoms with Gasteiger partial charge in [0.25, 0.3) is 0 Å². The van der Waals surface area contributed by atoms with Gasteiger partial charge in [0.1, 0.15) is 5.52 Å². The summed E-state index contributed by atoms with van der Waals surface area (Å²) in [5.74, 6) is 5.28. The molecule has 0 saturated heterocycles. The SMILES string of the molecule is Nc1ccc2oc(C3C4C5CCC(C5)C34)nc2c1.